The van der Waals surface area contributed by atoms with Gasteiger partial charge in [0.2, 0.25) is 0 Å². The van der Waals surface area contributed by atoms with Gasteiger partial charge in [0.25, 0.3) is 5.66 Å². The Bertz CT molecular complexity index is 927. The molecule has 1 aliphatic rings. The van der Waals surface area contributed by atoms with Crippen molar-refractivity contribution in [2.75, 3.05) is 32.8 Å². The average Bonchev–Trinajstić information content (AvgIpc) is 2.95. The fourth-order valence-corrected chi connectivity index (χ4v) is 6.02. The monoisotopic (exact) mass is 520 g/mol. The van der Waals surface area contributed by atoms with Gasteiger partial charge in [0, 0.05) is 19.8 Å². The summed E-state index contributed by atoms with van der Waals surface area (Å²) in [5.74, 6) is -0.688. The van der Waals surface area contributed by atoms with Crippen molar-refractivity contribution in [2.45, 2.75) is 62.8 Å². The van der Waals surface area contributed by atoms with Crippen LogP contribution in [0.2, 0.25) is 0 Å². The topological polar surface area (TPSA) is 88.1 Å². The summed E-state index contributed by atoms with van der Waals surface area (Å²) in [6.07, 6.45) is -3.75. The average molecular weight is 520 g/mol. The summed E-state index contributed by atoms with van der Waals surface area (Å²) in [5.41, 5.74) is -4.73. The standard InChI is InChI=1S/C22H33BF2O7P2/c1-6-30-34(5,28)13-12-21(15-22(24,25)33(3,4)27)19(18(20(23)32-21)31-16(2)26)29-14-17-10-8-7-9-11-17/h7-11,18-20H,6,12-15H2,1-5H3/t18-,19?,20+,21+,34?/m0/s1. The maximum Gasteiger partial charge on any atom is 0.303 e. The van der Waals surface area contributed by atoms with Crippen LogP contribution in [-0.4, -0.2) is 76.1 Å². The van der Waals surface area contributed by atoms with E-state index in [4.69, 9.17) is 26.6 Å². The molecule has 2 unspecified atom stereocenters. The van der Waals surface area contributed by atoms with E-state index in [9.17, 15) is 13.9 Å². The molecule has 1 fully saturated rings. The predicted molar refractivity (Wildman–Crippen MR) is 128 cm³/mol. The largest absolute Gasteiger partial charge is 0.458 e. The number of ether oxygens (including phenoxy) is 3. The molecule has 0 saturated carbocycles. The van der Waals surface area contributed by atoms with Crippen molar-refractivity contribution in [1.82, 2.24) is 0 Å². The predicted octanol–water partition coefficient (Wildman–Crippen LogP) is 4.71. The summed E-state index contributed by atoms with van der Waals surface area (Å²) >= 11 is 0. The van der Waals surface area contributed by atoms with Crippen LogP contribution < -0.4 is 0 Å². The third-order valence-electron chi connectivity index (χ3n) is 5.73. The Labute approximate surface area is 201 Å². The van der Waals surface area contributed by atoms with Crippen LogP contribution in [0.1, 0.15) is 32.3 Å². The molecule has 7 nitrogen and oxygen atoms in total. The van der Waals surface area contributed by atoms with Gasteiger partial charge in [-0.15, -0.1) is 0 Å². The molecule has 1 saturated heterocycles. The Hall–Kier alpha value is -1.05. The second kappa shape index (κ2) is 11.3. The molecule has 5 atom stereocenters. The minimum atomic E-state index is -3.93. The van der Waals surface area contributed by atoms with Crippen LogP contribution in [-0.2, 0) is 39.3 Å². The number of rotatable bonds is 12. The van der Waals surface area contributed by atoms with Gasteiger partial charge in [-0.05, 0) is 32.2 Å². The lowest BCUT2D eigenvalue weighted by Gasteiger charge is -2.39. The lowest BCUT2D eigenvalue weighted by atomic mass is 9.85. The normalized spacial score (nSPS) is 27.3. The van der Waals surface area contributed by atoms with Crippen molar-refractivity contribution in [3.8, 4) is 0 Å². The Kier molecular flexibility index (Phi) is 9.74. The molecule has 190 valence electrons. The number of halogens is 2. The zero-order chi connectivity index (χ0) is 25.8. The first-order valence-electron chi connectivity index (χ1n) is 11.0. The van der Waals surface area contributed by atoms with E-state index >= 15 is 8.78 Å². The van der Waals surface area contributed by atoms with Crippen molar-refractivity contribution in [3.05, 3.63) is 35.9 Å². The van der Waals surface area contributed by atoms with E-state index in [1.807, 2.05) is 6.07 Å². The summed E-state index contributed by atoms with van der Waals surface area (Å²) in [6, 6.07) is 7.69. The van der Waals surface area contributed by atoms with Crippen LogP contribution in [0.25, 0.3) is 0 Å². The summed E-state index contributed by atoms with van der Waals surface area (Å²) in [6.45, 7) is 6.41. The second-order valence-corrected chi connectivity index (χ2v) is 15.1. The number of hydrogen-bond acceptors (Lipinski definition) is 7. The number of alkyl halides is 2. The van der Waals surface area contributed by atoms with Gasteiger partial charge in [-0.3, -0.25) is 9.36 Å². The van der Waals surface area contributed by atoms with Crippen LogP contribution in [0.5, 0.6) is 0 Å². The van der Waals surface area contributed by atoms with Crippen LogP contribution >= 0.6 is 14.5 Å². The second-order valence-electron chi connectivity index (χ2n) is 9.04. The zero-order valence-corrected chi connectivity index (χ0v) is 22.0. The van der Waals surface area contributed by atoms with Gasteiger partial charge in [-0.1, -0.05) is 30.3 Å². The fourth-order valence-electron chi connectivity index (χ4n) is 3.92. The molecular weight excluding hydrogens is 487 g/mol. The molecule has 0 N–H and O–H groups in total. The van der Waals surface area contributed by atoms with E-state index in [0.29, 0.717) is 0 Å². The van der Waals surface area contributed by atoms with Crippen LogP contribution in [0, 0.1) is 0 Å². The van der Waals surface area contributed by atoms with Gasteiger partial charge in [0.05, 0.1) is 25.6 Å². The molecule has 1 aromatic carbocycles. The molecule has 2 radical (unpaired) electrons. The van der Waals surface area contributed by atoms with Crippen molar-refractivity contribution in [3.63, 3.8) is 0 Å². The lowest BCUT2D eigenvalue weighted by molar-refractivity contribution is -0.159. The molecule has 0 amide bonds. The highest BCUT2D eigenvalue weighted by atomic mass is 31.2. The Balaban J connectivity index is 2.50. The van der Waals surface area contributed by atoms with E-state index in [1.165, 1.54) is 6.66 Å². The minimum absolute atomic E-state index is 0.00215. The van der Waals surface area contributed by atoms with Crippen LogP contribution in [0.15, 0.2) is 30.3 Å². The SMILES string of the molecule is [B][C@@H]1O[C@](CCP(C)(=O)OCC)(CC(F)(F)P(C)(C)=O)C(OCc2ccccc2)[C@@H]1OC(C)=O. The minimum Gasteiger partial charge on any atom is -0.458 e. The van der Waals surface area contributed by atoms with Gasteiger partial charge in [-0.2, -0.15) is 8.78 Å². The fraction of sp³-hybridized carbons (Fsp3) is 0.682. The molecule has 0 bridgehead atoms. The third kappa shape index (κ3) is 7.48. The molecule has 0 aromatic heterocycles. The van der Waals surface area contributed by atoms with E-state index in [1.54, 1.807) is 31.2 Å². The Morgan fingerprint density at radius 2 is 1.82 bits per heavy atom. The molecule has 1 aliphatic heterocycles. The first-order valence-corrected chi connectivity index (χ1v) is 15.9. The summed E-state index contributed by atoms with van der Waals surface area (Å²) in [7, 11) is -0.997. The quantitative estimate of drug-likeness (QED) is 0.224. The molecular formula is C22H33BF2O7P2. The molecule has 1 heterocycles. The van der Waals surface area contributed by atoms with Crippen LogP contribution in [0.3, 0.4) is 0 Å². The lowest BCUT2D eigenvalue weighted by Crippen LogP contribution is -2.50. The van der Waals surface area contributed by atoms with Gasteiger partial charge in [-0.25, -0.2) is 0 Å². The highest BCUT2D eigenvalue weighted by Gasteiger charge is 2.61. The molecule has 12 heteroatoms. The van der Waals surface area contributed by atoms with Crippen molar-refractivity contribution in [2.24, 2.45) is 0 Å². The van der Waals surface area contributed by atoms with E-state index < -0.39 is 56.4 Å². The number of esters is 1. The Morgan fingerprint density at radius 3 is 2.35 bits per heavy atom. The summed E-state index contributed by atoms with van der Waals surface area (Å²) in [5, 5.41) is 0. The molecule has 0 spiro atoms. The number of carbonyl (C=O) groups excluding carboxylic acids is 1. The molecule has 2 rings (SSSR count). The van der Waals surface area contributed by atoms with E-state index in [0.717, 1.165) is 25.8 Å². The maximum atomic E-state index is 15.2. The molecule has 1 aromatic rings. The number of benzene rings is 1. The smallest absolute Gasteiger partial charge is 0.303 e. The Morgan fingerprint density at radius 1 is 1.21 bits per heavy atom. The molecule has 0 aliphatic carbocycles. The van der Waals surface area contributed by atoms with Crippen LogP contribution in [0.4, 0.5) is 8.78 Å². The van der Waals surface area contributed by atoms with Crippen molar-refractivity contribution in [1.29, 1.82) is 0 Å². The van der Waals surface area contributed by atoms with Gasteiger partial charge in [0.1, 0.15) is 32.8 Å². The van der Waals surface area contributed by atoms with Gasteiger partial charge < -0.3 is 23.3 Å². The first kappa shape index (κ1) is 29.2. The number of hydrogen-bond donors (Lipinski definition) is 0. The highest BCUT2D eigenvalue weighted by molar-refractivity contribution is 7.63. The highest BCUT2D eigenvalue weighted by Crippen LogP contribution is 2.60. The molecule has 34 heavy (non-hydrogen) atoms. The van der Waals surface area contributed by atoms with E-state index in [2.05, 4.69) is 0 Å². The van der Waals surface area contributed by atoms with Crippen molar-refractivity contribution < 1.29 is 41.4 Å². The summed E-state index contributed by atoms with van der Waals surface area (Å²) < 4.78 is 78.2. The zero-order valence-electron chi connectivity index (χ0n) is 20.2. The van der Waals surface area contributed by atoms with Gasteiger partial charge in [0.15, 0.2) is 7.37 Å². The third-order valence-corrected chi connectivity index (χ3v) is 9.30. The van der Waals surface area contributed by atoms with Gasteiger partial charge >= 0.3 is 5.97 Å². The maximum absolute atomic E-state index is 15.2. The summed E-state index contributed by atoms with van der Waals surface area (Å²) in [4.78, 5) is 11.8. The van der Waals surface area contributed by atoms with E-state index in [-0.39, 0.29) is 25.8 Å². The van der Waals surface area contributed by atoms with Crippen molar-refractivity contribution >= 4 is 28.3 Å². The first-order chi connectivity index (χ1) is 15.6. The number of carbonyl (C=O) groups is 1.